The van der Waals surface area contributed by atoms with Gasteiger partial charge in [-0.2, -0.15) is 0 Å². The van der Waals surface area contributed by atoms with Crippen molar-refractivity contribution in [3.63, 3.8) is 0 Å². The fraction of sp³-hybridized carbons (Fsp3) is 0.261. The van der Waals surface area contributed by atoms with Crippen molar-refractivity contribution in [2.24, 2.45) is 0 Å². The molecule has 0 saturated carbocycles. The number of hydrogen-bond donors (Lipinski definition) is 0. The summed E-state index contributed by atoms with van der Waals surface area (Å²) in [5.41, 5.74) is 4.01. The number of aryl methyl sites for hydroxylation is 3. The molecule has 0 atom stereocenters. The Kier molecular flexibility index (Phi) is 6.12. The first-order valence-corrected chi connectivity index (χ1v) is 9.23. The van der Waals surface area contributed by atoms with Gasteiger partial charge in [-0.15, -0.1) is 0 Å². The molecule has 0 bridgehead atoms. The summed E-state index contributed by atoms with van der Waals surface area (Å²) in [6.07, 6.45) is 0. The van der Waals surface area contributed by atoms with Gasteiger partial charge in [-0.1, -0.05) is 36.4 Å². The maximum atomic E-state index is 12.3. The van der Waals surface area contributed by atoms with Crippen LogP contribution in [-0.4, -0.2) is 30.6 Å². The predicted octanol–water partition coefficient (Wildman–Crippen LogP) is 4.07. The van der Waals surface area contributed by atoms with Crippen LogP contribution in [0.2, 0.25) is 0 Å². The van der Waals surface area contributed by atoms with E-state index in [2.05, 4.69) is 4.98 Å². The minimum Gasteiger partial charge on any atom is -0.481 e. The molecule has 1 heterocycles. The van der Waals surface area contributed by atoms with Crippen LogP contribution < -0.4 is 4.74 Å². The monoisotopic (exact) mass is 393 g/mol. The van der Waals surface area contributed by atoms with E-state index in [1.807, 2.05) is 63.2 Å². The molecule has 0 amide bonds. The molecule has 2 aromatic carbocycles. The van der Waals surface area contributed by atoms with Gasteiger partial charge in [0.1, 0.15) is 12.4 Å². The van der Waals surface area contributed by atoms with E-state index < -0.39 is 11.9 Å². The van der Waals surface area contributed by atoms with Gasteiger partial charge in [0.25, 0.3) is 0 Å². The number of carbonyl (C=O) groups is 2. The van der Waals surface area contributed by atoms with Gasteiger partial charge in [0.15, 0.2) is 6.61 Å². The van der Waals surface area contributed by atoms with Crippen LogP contribution in [0.5, 0.6) is 5.75 Å². The zero-order valence-electron chi connectivity index (χ0n) is 16.9. The average molecular weight is 393 g/mol. The Morgan fingerprint density at radius 2 is 1.66 bits per heavy atom. The molecule has 3 rings (SSSR count). The van der Waals surface area contributed by atoms with Gasteiger partial charge in [0, 0.05) is 5.39 Å². The van der Waals surface area contributed by atoms with Crippen LogP contribution in [0.4, 0.5) is 0 Å². The number of methoxy groups -OCH3 is 1. The van der Waals surface area contributed by atoms with Crippen molar-refractivity contribution in [2.75, 3.05) is 13.7 Å². The molecule has 29 heavy (non-hydrogen) atoms. The fourth-order valence-corrected chi connectivity index (χ4v) is 3.27. The number of benzene rings is 2. The molecule has 0 unspecified atom stereocenters. The number of para-hydroxylation sites is 2. The van der Waals surface area contributed by atoms with E-state index in [1.54, 1.807) is 0 Å². The van der Waals surface area contributed by atoms with Crippen molar-refractivity contribution >= 4 is 22.8 Å². The summed E-state index contributed by atoms with van der Waals surface area (Å²) in [4.78, 5) is 29.0. The quantitative estimate of drug-likeness (QED) is 0.588. The van der Waals surface area contributed by atoms with Crippen molar-refractivity contribution in [3.8, 4) is 5.75 Å². The lowest BCUT2D eigenvalue weighted by atomic mass is 10.0. The highest BCUT2D eigenvalue weighted by atomic mass is 16.6. The highest BCUT2D eigenvalue weighted by Crippen LogP contribution is 2.25. The number of aromatic nitrogens is 1. The summed E-state index contributed by atoms with van der Waals surface area (Å²) in [5, 5.41) is 0.848. The molecule has 0 fully saturated rings. The largest absolute Gasteiger partial charge is 0.481 e. The molecular weight excluding hydrogens is 370 g/mol. The number of ether oxygens (including phenoxy) is 3. The first-order valence-electron chi connectivity index (χ1n) is 9.23. The lowest BCUT2D eigenvalue weighted by Crippen LogP contribution is -2.18. The highest BCUT2D eigenvalue weighted by molar-refractivity contribution is 5.98. The fourth-order valence-electron chi connectivity index (χ4n) is 3.27. The number of fused-ring (bicyclic) bond motifs is 1. The summed E-state index contributed by atoms with van der Waals surface area (Å²) in [6, 6.07) is 13.2. The Hall–Kier alpha value is -3.41. The zero-order valence-corrected chi connectivity index (χ0v) is 16.9. The number of rotatable bonds is 6. The smallest absolute Gasteiger partial charge is 0.344 e. The Morgan fingerprint density at radius 3 is 2.34 bits per heavy atom. The van der Waals surface area contributed by atoms with Gasteiger partial charge < -0.3 is 14.2 Å². The van der Waals surface area contributed by atoms with Gasteiger partial charge in [0.2, 0.25) is 0 Å². The molecule has 6 nitrogen and oxygen atoms in total. The third-order valence-corrected chi connectivity index (χ3v) is 4.73. The Balaban J connectivity index is 1.77. The second-order valence-electron chi connectivity index (χ2n) is 6.74. The molecule has 0 N–H and O–H groups in total. The zero-order chi connectivity index (χ0) is 21.0. The SMILES string of the molecule is COC(=O)c1c(COC(=O)COc2c(C)cccc2C)nc2ccccc2c1C. The van der Waals surface area contributed by atoms with Crippen LogP contribution in [0.1, 0.15) is 32.7 Å². The molecule has 0 saturated heterocycles. The number of carbonyl (C=O) groups excluding carboxylic acids is 2. The van der Waals surface area contributed by atoms with Crippen molar-refractivity contribution in [1.82, 2.24) is 4.98 Å². The summed E-state index contributed by atoms with van der Waals surface area (Å²) in [5.74, 6) is -0.394. The van der Waals surface area contributed by atoms with Crippen molar-refractivity contribution < 1.29 is 23.8 Å². The van der Waals surface area contributed by atoms with E-state index in [-0.39, 0.29) is 13.2 Å². The minimum absolute atomic E-state index is 0.148. The third-order valence-electron chi connectivity index (χ3n) is 4.73. The molecule has 150 valence electrons. The van der Waals surface area contributed by atoms with Gasteiger partial charge in [0.05, 0.1) is 23.9 Å². The maximum absolute atomic E-state index is 12.3. The Morgan fingerprint density at radius 1 is 0.966 bits per heavy atom. The molecule has 6 heteroatoms. The van der Waals surface area contributed by atoms with Crippen molar-refractivity contribution in [3.05, 3.63) is 70.4 Å². The molecule has 0 spiro atoms. The normalized spacial score (nSPS) is 10.6. The molecule has 3 aromatic rings. The lowest BCUT2D eigenvalue weighted by molar-refractivity contribution is -0.147. The van der Waals surface area contributed by atoms with Crippen LogP contribution >= 0.6 is 0 Å². The minimum atomic E-state index is -0.545. The lowest BCUT2D eigenvalue weighted by Gasteiger charge is -2.14. The number of pyridine rings is 1. The summed E-state index contributed by atoms with van der Waals surface area (Å²) < 4.78 is 15.9. The van der Waals surface area contributed by atoms with E-state index in [0.717, 1.165) is 27.6 Å². The summed E-state index contributed by atoms with van der Waals surface area (Å²) >= 11 is 0. The van der Waals surface area contributed by atoms with Gasteiger partial charge >= 0.3 is 11.9 Å². The van der Waals surface area contributed by atoms with E-state index in [1.165, 1.54) is 7.11 Å². The molecule has 0 aliphatic rings. The second kappa shape index (κ2) is 8.73. The van der Waals surface area contributed by atoms with Crippen LogP contribution in [0, 0.1) is 20.8 Å². The van der Waals surface area contributed by atoms with Gasteiger partial charge in [-0.05, 0) is 43.5 Å². The van der Waals surface area contributed by atoms with E-state index in [4.69, 9.17) is 14.2 Å². The summed E-state index contributed by atoms with van der Waals surface area (Å²) in [6.45, 7) is 5.28. The Bertz CT molecular complexity index is 1050. The molecule has 0 aliphatic carbocycles. The predicted molar refractivity (Wildman–Crippen MR) is 109 cm³/mol. The van der Waals surface area contributed by atoms with Crippen LogP contribution in [0.25, 0.3) is 10.9 Å². The second-order valence-corrected chi connectivity index (χ2v) is 6.74. The standard InChI is InChI=1S/C23H23NO5/c1-14-8-7-9-15(2)22(14)29-13-20(25)28-12-19-21(23(26)27-4)16(3)17-10-5-6-11-18(17)24-19/h5-11H,12-13H2,1-4H3. The third kappa shape index (κ3) is 4.37. The molecule has 1 aromatic heterocycles. The van der Waals surface area contributed by atoms with E-state index in [9.17, 15) is 9.59 Å². The first kappa shape index (κ1) is 20.3. The van der Waals surface area contributed by atoms with Gasteiger partial charge in [-0.25, -0.2) is 14.6 Å². The van der Waals surface area contributed by atoms with E-state index in [0.29, 0.717) is 17.0 Å². The number of esters is 2. The van der Waals surface area contributed by atoms with Gasteiger partial charge in [-0.3, -0.25) is 0 Å². The summed E-state index contributed by atoms with van der Waals surface area (Å²) in [7, 11) is 1.31. The number of nitrogens with zero attached hydrogens (tertiary/aromatic N) is 1. The van der Waals surface area contributed by atoms with Crippen LogP contribution in [-0.2, 0) is 20.9 Å². The molecular formula is C23H23NO5. The van der Waals surface area contributed by atoms with E-state index >= 15 is 0 Å². The number of hydrogen-bond acceptors (Lipinski definition) is 6. The topological polar surface area (TPSA) is 74.7 Å². The maximum Gasteiger partial charge on any atom is 0.344 e. The highest BCUT2D eigenvalue weighted by Gasteiger charge is 2.20. The molecule has 0 aliphatic heterocycles. The molecule has 0 radical (unpaired) electrons. The van der Waals surface area contributed by atoms with Crippen molar-refractivity contribution in [1.29, 1.82) is 0 Å². The average Bonchev–Trinajstić information content (AvgIpc) is 2.71. The Labute approximate surface area is 169 Å². The van der Waals surface area contributed by atoms with Crippen molar-refractivity contribution in [2.45, 2.75) is 27.4 Å². The first-order chi connectivity index (χ1) is 13.9. The van der Waals surface area contributed by atoms with Crippen LogP contribution in [0.15, 0.2) is 42.5 Å². The van der Waals surface area contributed by atoms with Crippen LogP contribution in [0.3, 0.4) is 0 Å².